The molecule has 26 heavy (non-hydrogen) atoms. The lowest BCUT2D eigenvalue weighted by atomic mass is 10.2. The highest BCUT2D eigenvalue weighted by atomic mass is 79.9. The molecule has 0 amide bonds. The molecule has 0 radical (unpaired) electrons. The van der Waals surface area contributed by atoms with E-state index in [0.29, 0.717) is 36.9 Å². The van der Waals surface area contributed by atoms with Gasteiger partial charge in [-0.05, 0) is 60.3 Å². The summed E-state index contributed by atoms with van der Waals surface area (Å²) in [6, 6.07) is 0. The van der Waals surface area contributed by atoms with Crippen LogP contribution >= 0.6 is 28.1 Å². The fourth-order valence-electron chi connectivity index (χ4n) is 3.06. The molecular weight excluding hydrogens is 433 g/mol. The van der Waals surface area contributed by atoms with E-state index in [1.165, 1.54) is 4.68 Å². The van der Waals surface area contributed by atoms with Crippen LogP contribution < -0.4 is 10.6 Å². The molecule has 1 aliphatic carbocycles. The molecule has 1 aromatic rings. The molecular formula is C16H22BrF3N4OS. The molecule has 1 saturated carbocycles. The molecule has 5 nitrogen and oxygen atoms in total. The molecule has 2 N–H and O–H groups in total. The molecule has 0 bridgehead atoms. The summed E-state index contributed by atoms with van der Waals surface area (Å²) in [5.41, 5.74) is -0.169. The fourth-order valence-corrected chi connectivity index (χ4v) is 4.07. The van der Waals surface area contributed by atoms with Crippen LogP contribution in [0.3, 0.4) is 0 Å². The first-order chi connectivity index (χ1) is 12.4. The van der Waals surface area contributed by atoms with Gasteiger partial charge in [-0.3, -0.25) is 4.68 Å². The molecule has 1 unspecified atom stereocenters. The minimum absolute atomic E-state index is 0.0919. The Morgan fingerprint density at radius 1 is 1.31 bits per heavy atom. The van der Waals surface area contributed by atoms with Crippen molar-refractivity contribution < 1.29 is 17.9 Å². The van der Waals surface area contributed by atoms with E-state index < -0.39 is 11.9 Å². The van der Waals surface area contributed by atoms with Gasteiger partial charge in [0.25, 0.3) is 0 Å². The first-order valence-corrected chi connectivity index (χ1v) is 10.0. The lowest BCUT2D eigenvalue weighted by molar-refractivity contribution is -0.142. The molecule has 2 heterocycles. The van der Waals surface area contributed by atoms with Gasteiger partial charge in [0.1, 0.15) is 0 Å². The SMILES string of the molecule is FC(F)(F)c1nn(CCCNC(=S)NCC2CCCO2)c(C2CC2)c1Br. The third-order valence-corrected chi connectivity index (χ3v) is 5.58. The molecule has 0 spiro atoms. The predicted molar refractivity (Wildman–Crippen MR) is 99.1 cm³/mol. The van der Waals surface area contributed by atoms with Gasteiger partial charge in [0.2, 0.25) is 0 Å². The van der Waals surface area contributed by atoms with Crippen LogP contribution in [0.15, 0.2) is 4.47 Å². The van der Waals surface area contributed by atoms with E-state index in [0.717, 1.165) is 32.3 Å². The Kier molecular flexibility index (Phi) is 6.45. The maximum Gasteiger partial charge on any atom is 0.436 e. The number of halogens is 4. The van der Waals surface area contributed by atoms with Crippen LogP contribution in [0.2, 0.25) is 0 Å². The average molecular weight is 455 g/mol. The summed E-state index contributed by atoms with van der Waals surface area (Å²) in [6.45, 7) is 2.47. The number of hydrogen-bond acceptors (Lipinski definition) is 3. The number of nitrogens with one attached hydrogen (secondary N) is 2. The van der Waals surface area contributed by atoms with Crippen molar-refractivity contribution in [3.63, 3.8) is 0 Å². The zero-order chi connectivity index (χ0) is 18.7. The third-order valence-electron chi connectivity index (χ3n) is 4.51. The lowest BCUT2D eigenvalue weighted by Gasteiger charge is -2.14. The summed E-state index contributed by atoms with van der Waals surface area (Å²) in [5, 5.41) is 10.5. The normalized spacial score (nSPS) is 20.4. The highest BCUT2D eigenvalue weighted by molar-refractivity contribution is 9.10. The first-order valence-electron chi connectivity index (χ1n) is 8.83. The highest BCUT2D eigenvalue weighted by Crippen LogP contribution is 2.46. The van der Waals surface area contributed by atoms with E-state index >= 15 is 0 Å². The maximum absolute atomic E-state index is 13.1. The van der Waals surface area contributed by atoms with E-state index in [2.05, 4.69) is 31.7 Å². The number of ether oxygens (including phenoxy) is 1. The summed E-state index contributed by atoms with van der Waals surface area (Å²) >= 11 is 8.32. The van der Waals surface area contributed by atoms with Crippen LogP contribution in [0.4, 0.5) is 13.2 Å². The number of nitrogens with zero attached hydrogens (tertiary/aromatic N) is 2. The van der Waals surface area contributed by atoms with Gasteiger partial charge in [-0.2, -0.15) is 18.3 Å². The van der Waals surface area contributed by atoms with Crippen LogP contribution in [0.1, 0.15) is 49.4 Å². The van der Waals surface area contributed by atoms with Crippen molar-refractivity contribution in [3.05, 3.63) is 15.9 Å². The topological polar surface area (TPSA) is 51.1 Å². The van der Waals surface area contributed by atoms with Gasteiger partial charge in [0.15, 0.2) is 10.8 Å². The predicted octanol–water partition coefficient (Wildman–Crippen LogP) is 3.58. The number of aromatic nitrogens is 2. The highest BCUT2D eigenvalue weighted by Gasteiger charge is 2.41. The van der Waals surface area contributed by atoms with Crippen LogP contribution in [0.5, 0.6) is 0 Å². The molecule has 2 aliphatic rings. The number of rotatable bonds is 7. The van der Waals surface area contributed by atoms with Crippen molar-refractivity contribution in [2.24, 2.45) is 0 Å². The van der Waals surface area contributed by atoms with E-state index in [9.17, 15) is 13.2 Å². The smallest absolute Gasteiger partial charge is 0.376 e. The standard InChI is InChI=1S/C16H22BrF3N4OS/c17-12-13(10-4-5-10)24(23-14(12)16(18,19)20)7-2-6-21-15(26)22-9-11-3-1-8-25-11/h10-11H,1-9H2,(H2,21,22,26). The third kappa shape index (κ3) is 5.10. The van der Waals surface area contributed by atoms with Crippen molar-refractivity contribution >= 4 is 33.3 Å². The second kappa shape index (κ2) is 8.43. The Bertz CT molecular complexity index is 642. The molecule has 0 aromatic carbocycles. The minimum atomic E-state index is -4.44. The van der Waals surface area contributed by atoms with Gasteiger partial charge in [0, 0.05) is 32.2 Å². The molecule has 1 aromatic heterocycles. The van der Waals surface area contributed by atoms with Gasteiger partial charge in [0.05, 0.1) is 16.3 Å². The second-order valence-corrected chi connectivity index (χ2v) is 7.87. The van der Waals surface area contributed by atoms with E-state index in [1.54, 1.807) is 0 Å². The largest absolute Gasteiger partial charge is 0.436 e. The Balaban J connectivity index is 1.46. The van der Waals surface area contributed by atoms with Gasteiger partial charge >= 0.3 is 6.18 Å². The summed E-state index contributed by atoms with van der Waals surface area (Å²) < 4.78 is 46.3. The molecule has 146 valence electrons. The summed E-state index contributed by atoms with van der Waals surface area (Å²) in [5.74, 6) is 0.176. The molecule has 10 heteroatoms. The Labute approximate surface area is 164 Å². The Morgan fingerprint density at radius 2 is 2.08 bits per heavy atom. The van der Waals surface area contributed by atoms with E-state index in [-0.39, 0.29) is 16.5 Å². The molecule has 2 fully saturated rings. The fraction of sp³-hybridized carbons (Fsp3) is 0.750. The van der Waals surface area contributed by atoms with Crippen molar-refractivity contribution in [2.75, 3.05) is 19.7 Å². The molecule has 1 saturated heterocycles. The average Bonchev–Trinajstić information content (AvgIpc) is 3.14. The van der Waals surface area contributed by atoms with Crippen LogP contribution in [-0.4, -0.2) is 40.7 Å². The zero-order valence-corrected chi connectivity index (χ0v) is 16.6. The van der Waals surface area contributed by atoms with Gasteiger partial charge in [-0.25, -0.2) is 0 Å². The van der Waals surface area contributed by atoms with E-state index in [4.69, 9.17) is 17.0 Å². The number of aryl methyl sites for hydroxylation is 1. The van der Waals surface area contributed by atoms with Crippen LogP contribution in [0.25, 0.3) is 0 Å². The van der Waals surface area contributed by atoms with Crippen molar-refractivity contribution in [1.82, 2.24) is 20.4 Å². The molecule has 1 aliphatic heterocycles. The Hall–Kier alpha value is -0.870. The van der Waals surface area contributed by atoms with Crippen molar-refractivity contribution in [2.45, 2.75) is 56.8 Å². The second-order valence-electron chi connectivity index (χ2n) is 6.67. The maximum atomic E-state index is 13.1. The van der Waals surface area contributed by atoms with Gasteiger partial charge in [-0.1, -0.05) is 0 Å². The quantitative estimate of drug-likeness (QED) is 0.487. The molecule has 1 atom stereocenters. The summed E-state index contributed by atoms with van der Waals surface area (Å²) in [7, 11) is 0. The zero-order valence-electron chi connectivity index (χ0n) is 14.2. The van der Waals surface area contributed by atoms with E-state index in [1.807, 2.05) is 0 Å². The Morgan fingerprint density at radius 3 is 2.69 bits per heavy atom. The van der Waals surface area contributed by atoms with Gasteiger partial charge < -0.3 is 15.4 Å². The number of alkyl halides is 3. The van der Waals surface area contributed by atoms with Gasteiger partial charge in [-0.15, -0.1) is 0 Å². The summed E-state index contributed by atoms with van der Waals surface area (Å²) in [4.78, 5) is 0. The first kappa shape index (κ1) is 19.9. The minimum Gasteiger partial charge on any atom is -0.376 e. The van der Waals surface area contributed by atoms with Crippen LogP contribution in [0, 0.1) is 0 Å². The number of thiocarbonyl (C=S) groups is 1. The lowest BCUT2D eigenvalue weighted by Crippen LogP contribution is -2.39. The molecule has 3 rings (SSSR count). The van der Waals surface area contributed by atoms with Crippen molar-refractivity contribution in [1.29, 1.82) is 0 Å². The summed E-state index contributed by atoms with van der Waals surface area (Å²) in [6.07, 6.45) is 0.337. The van der Waals surface area contributed by atoms with Crippen molar-refractivity contribution in [3.8, 4) is 0 Å². The number of hydrogen-bond donors (Lipinski definition) is 2. The monoisotopic (exact) mass is 454 g/mol. The van der Waals surface area contributed by atoms with Crippen LogP contribution in [-0.2, 0) is 17.5 Å².